The van der Waals surface area contributed by atoms with E-state index in [1.165, 1.54) is 17.7 Å². The summed E-state index contributed by atoms with van der Waals surface area (Å²) in [5, 5.41) is 20.5. The summed E-state index contributed by atoms with van der Waals surface area (Å²) in [4.78, 5) is 41.6. The molecular weight excluding hydrogens is 560 g/mol. The van der Waals surface area contributed by atoms with Crippen molar-refractivity contribution in [3.8, 4) is 0 Å². The molecule has 2 aromatic carbocycles. The number of non-ortho nitro benzene ring substituents is 1. The number of carbonyl (C=O) groups is 2. The van der Waals surface area contributed by atoms with Gasteiger partial charge in [-0.3, -0.25) is 19.8 Å². The van der Waals surface area contributed by atoms with Gasteiger partial charge in [-0.2, -0.15) is 0 Å². The number of piperidine rings is 1. The summed E-state index contributed by atoms with van der Waals surface area (Å²) < 4.78 is 5.59. The van der Waals surface area contributed by atoms with Gasteiger partial charge >= 0.3 is 12.1 Å². The second-order valence-corrected chi connectivity index (χ2v) is 12.6. The Hall–Kier alpha value is -3.76. The molecule has 1 aliphatic carbocycles. The molecule has 2 aliphatic rings. The maximum absolute atomic E-state index is 13.1. The SMILES string of the molecule is C=CCN(C(=O)OCc1ccc([N+](=O)[O-])cc1)C1CCN(CC2CC(N(CC(=O)O)CC(C)C)CC2c2ccccc2)CC1. The fourth-order valence-electron chi connectivity index (χ4n) is 6.89. The van der Waals surface area contributed by atoms with E-state index in [4.69, 9.17) is 4.74 Å². The van der Waals surface area contributed by atoms with Gasteiger partial charge in [-0.15, -0.1) is 6.58 Å². The molecule has 1 saturated heterocycles. The number of amides is 1. The largest absolute Gasteiger partial charge is 0.480 e. The van der Waals surface area contributed by atoms with Gasteiger partial charge in [0.15, 0.2) is 0 Å². The first kappa shape index (κ1) is 33.1. The fraction of sp³-hybridized carbons (Fsp3) is 0.529. The standard InChI is InChI=1S/C34H46N4O6/c1-4-16-37(34(41)44-24-26-10-12-30(13-11-26)38(42)43)29-14-17-35(18-15-29)22-28-19-31(36(21-25(2)3)23-33(39)40)20-32(28)27-8-6-5-7-9-27/h4-13,25,28-29,31-32H,1,14-24H2,2-3H3,(H,39,40). The molecule has 2 fully saturated rings. The molecule has 0 bridgehead atoms. The number of hydrogen-bond acceptors (Lipinski definition) is 7. The number of rotatable bonds is 14. The molecule has 0 aromatic heterocycles. The van der Waals surface area contributed by atoms with Crippen molar-refractivity contribution in [2.75, 3.05) is 39.3 Å². The van der Waals surface area contributed by atoms with Gasteiger partial charge in [0, 0.05) is 56.9 Å². The highest BCUT2D eigenvalue weighted by atomic mass is 16.6. The van der Waals surface area contributed by atoms with Crippen molar-refractivity contribution < 1.29 is 24.4 Å². The molecule has 1 N–H and O–H groups in total. The summed E-state index contributed by atoms with van der Waals surface area (Å²) in [6.07, 6.45) is 4.88. The van der Waals surface area contributed by atoms with Gasteiger partial charge in [-0.05, 0) is 66.7 Å². The van der Waals surface area contributed by atoms with Crippen molar-refractivity contribution in [1.29, 1.82) is 0 Å². The van der Waals surface area contributed by atoms with Gasteiger partial charge in [0.25, 0.3) is 5.69 Å². The van der Waals surface area contributed by atoms with Crippen LogP contribution in [0, 0.1) is 22.0 Å². The van der Waals surface area contributed by atoms with Crippen molar-refractivity contribution in [2.45, 2.75) is 64.1 Å². The van der Waals surface area contributed by atoms with Crippen LogP contribution >= 0.6 is 0 Å². The van der Waals surface area contributed by atoms with E-state index in [9.17, 15) is 24.8 Å². The first-order chi connectivity index (χ1) is 21.1. The molecule has 10 heteroatoms. The Bertz CT molecular complexity index is 1250. The Kier molecular flexibility index (Phi) is 11.9. The molecule has 10 nitrogen and oxygen atoms in total. The van der Waals surface area contributed by atoms with Crippen LogP contribution in [0.3, 0.4) is 0 Å². The Morgan fingerprint density at radius 1 is 1.09 bits per heavy atom. The molecule has 2 aromatic rings. The monoisotopic (exact) mass is 606 g/mol. The lowest BCUT2D eigenvalue weighted by molar-refractivity contribution is -0.384. The number of ether oxygens (including phenoxy) is 1. The predicted octanol–water partition coefficient (Wildman–Crippen LogP) is 5.79. The number of likely N-dealkylation sites (tertiary alicyclic amines) is 1. The van der Waals surface area contributed by atoms with Crippen LogP contribution in [0.2, 0.25) is 0 Å². The van der Waals surface area contributed by atoms with Gasteiger partial charge in [0.2, 0.25) is 0 Å². The molecule has 3 unspecified atom stereocenters. The van der Waals surface area contributed by atoms with Crippen LogP contribution in [-0.2, 0) is 16.1 Å². The minimum Gasteiger partial charge on any atom is -0.480 e. The Labute approximate surface area is 260 Å². The molecule has 44 heavy (non-hydrogen) atoms. The predicted molar refractivity (Wildman–Crippen MR) is 169 cm³/mol. The number of hydrogen-bond donors (Lipinski definition) is 1. The Morgan fingerprint density at radius 3 is 2.36 bits per heavy atom. The summed E-state index contributed by atoms with van der Waals surface area (Å²) in [6, 6.07) is 16.9. The van der Waals surface area contributed by atoms with E-state index < -0.39 is 17.0 Å². The lowest BCUT2D eigenvalue weighted by atomic mass is 9.88. The maximum Gasteiger partial charge on any atom is 0.410 e. The van der Waals surface area contributed by atoms with Crippen molar-refractivity contribution in [2.24, 2.45) is 11.8 Å². The Morgan fingerprint density at radius 2 is 1.77 bits per heavy atom. The zero-order valence-electron chi connectivity index (χ0n) is 25.9. The van der Waals surface area contributed by atoms with Crippen molar-refractivity contribution in [1.82, 2.24) is 14.7 Å². The van der Waals surface area contributed by atoms with Gasteiger partial charge in [-0.25, -0.2) is 4.79 Å². The zero-order valence-corrected chi connectivity index (χ0v) is 25.9. The van der Waals surface area contributed by atoms with E-state index in [0.717, 1.165) is 51.9 Å². The molecular formula is C34H46N4O6. The van der Waals surface area contributed by atoms with Crippen LogP contribution < -0.4 is 0 Å². The number of aliphatic carboxylic acids is 1. The average molecular weight is 607 g/mol. The van der Waals surface area contributed by atoms with Crippen LogP contribution in [0.5, 0.6) is 0 Å². The molecule has 1 amide bonds. The quantitative estimate of drug-likeness (QED) is 0.163. The van der Waals surface area contributed by atoms with Crippen LogP contribution in [-0.4, -0.2) is 88.1 Å². The molecule has 0 spiro atoms. The highest BCUT2D eigenvalue weighted by molar-refractivity contribution is 5.69. The van der Waals surface area contributed by atoms with Crippen molar-refractivity contribution >= 4 is 17.7 Å². The molecule has 1 saturated carbocycles. The summed E-state index contributed by atoms with van der Waals surface area (Å²) in [6.45, 7) is 12.1. The summed E-state index contributed by atoms with van der Waals surface area (Å²) in [5.74, 6) is 0.400. The van der Waals surface area contributed by atoms with Gasteiger partial charge in [0.05, 0.1) is 11.5 Å². The highest BCUT2D eigenvalue weighted by Gasteiger charge is 2.40. The van der Waals surface area contributed by atoms with Crippen molar-refractivity contribution in [3.63, 3.8) is 0 Å². The number of benzene rings is 2. The van der Waals surface area contributed by atoms with Crippen LogP contribution in [0.1, 0.15) is 56.6 Å². The topological polar surface area (TPSA) is 116 Å². The molecule has 3 atom stereocenters. The lowest BCUT2D eigenvalue weighted by Crippen LogP contribution is -2.48. The number of carboxylic acids is 1. The summed E-state index contributed by atoms with van der Waals surface area (Å²) in [7, 11) is 0. The summed E-state index contributed by atoms with van der Waals surface area (Å²) >= 11 is 0. The third kappa shape index (κ3) is 9.12. The van der Waals surface area contributed by atoms with E-state index in [2.05, 4.69) is 54.5 Å². The summed E-state index contributed by atoms with van der Waals surface area (Å²) in [5.41, 5.74) is 2.01. The van der Waals surface area contributed by atoms with Crippen molar-refractivity contribution in [3.05, 3.63) is 88.5 Å². The lowest BCUT2D eigenvalue weighted by Gasteiger charge is -2.39. The van der Waals surface area contributed by atoms with E-state index in [1.807, 2.05) is 6.07 Å². The normalized spacial score (nSPS) is 21.0. The van der Waals surface area contributed by atoms with E-state index in [-0.39, 0.29) is 30.9 Å². The smallest absolute Gasteiger partial charge is 0.410 e. The molecule has 1 heterocycles. The first-order valence-electron chi connectivity index (χ1n) is 15.6. The van der Waals surface area contributed by atoms with E-state index >= 15 is 0 Å². The fourth-order valence-corrected chi connectivity index (χ4v) is 6.89. The third-order valence-electron chi connectivity index (χ3n) is 8.91. The third-order valence-corrected chi connectivity index (χ3v) is 8.91. The molecule has 238 valence electrons. The minimum atomic E-state index is -0.775. The molecule has 4 rings (SSSR count). The van der Waals surface area contributed by atoms with Crippen LogP contribution in [0.25, 0.3) is 0 Å². The average Bonchev–Trinajstić information content (AvgIpc) is 3.42. The number of carboxylic acid groups (broad SMARTS) is 1. The maximum atomic E-state index is 13.1. The van der Waals surface area contributed by atoms with Gasteiger partial charge in [0.1, 0.15) is 6.61 Å². The molecule has 1 aliphatic heterocycles. The van der Waals surface area contributed by atoms with Crippen LogP contribution in [0.4, 0.5) is 10.5 Å². The highest BCUT2D eigenvalue weighted by Crippen LogP contribution is 2.43. The number of nitrogens with zero attached hydrogens (tertiary/aromatic N) is 4. The Balaban J connectivity index is 1.36. The minimum absolute atomic E-state index is 0.00326. The number of carbonyl (C=O) groups excluding carboxylic acids is 1. The van der Waals surface area contributed by atoms with E-state index in [0.29, 0.717) is 29.9 Å². The first-order valence-corrected chi connectivity index (χ1v) is 15.6. The van der Waals surface area contributed by atoms with Gasteiger partial charge in [-0.1, -0.05) is 50.3 Å². The second-order valence-electron chi connectivity index (χ2n) is 12.6. The molecule has 0 radical (unpaired) electrons. The zero-order chi connectivity index (χ0) is 31.6. The van der Waals surface area contributed by atoms with E-state index in [1.54, 1.807) is 23.1 Å². The second kappa shape index (κ2) is 15.8. The number of nitro groups is 1. The van der Waals surface area contributed by atoms with Crippen LogP contribution in [0.15, 0.2) is 67.3 Å². The number of nitro benzene ring substituents is 1. The van der Waals surface area contributed by atoms with Gasteiger partial charge < -0.3 is 19.6 Å².